The minimum atomic E-state index is 0.701. The fraction of sp³-hybridized carbons (Fsp3) is 0.286. The van der Waals surface area contributed by atoms with Crippen molar-refractivity contribution in [2.45, 2.75) is 25.4 Å². The monoisotopic (exact) mass is 291 g/mol. The van der Waals surface area contributed by atoms with E-state index in [1.807, 2.05) is 18.2 Å². The number of nitrogens with one attached hydrogen (secondary N) is 1. The van der Waals surface area contributed by atoms with Crippen LogP contribution in [0.25, 0.3) is 11.1 Å². The van der Waals surface area contributed by atoms with Gasteiger partial charge in [0.2, 0.25) is 0 Å². The first-order valence-electron chi connectivity index (χ1n) is 5.89. The third-order valence-corrected chi connectivity index (χ3v) is 3.73. The van der Waals surface area contributed by atoms with Crippen molar-refractivity contribution in [3.05, 3.63) is 46.8 Å². The molecule has 2 aromatic rings. The Kier molecular flexibility index (Phi) is 3.04. The molecular formula is C14H14BrNO. The van der Waals surface area contributed by atoms with Crippen LogP contribution in [0.4, 0.5) is 0 Å². The zero-order valence-corrected chi connectivity index (χ0v) is 11.0. The summed E-state index contributed by atoms with van der Waals surface area (Å²) in [7, 11) is 0. The summed E-state index contributed by atoms with van der Waals surface area (Å²) in [6.07, 6.45) is 4.36. The molecular weight excluding hydrogens is 278 g/mol. The quantitative estimate of drug-likeness (QED) is 0.922. The molecule has 17 heavy (non-hydrogen) atoms. The molecule has 2 nitrogen and oxygen atoms in total. The van der Waals surface area contributed by atoms with Gasteiger partial charge in [0.15, 0.2) is 0 Å². The van der Waals surface area contributed by atoms with Gasteiger partial charge in [0.1, 0.15) is 5.76 Å². The first kappa shape index (κ1) is 11.1. The van der Waals surface area contributed by atoms with E-state index in [1.165, 1.54) is 24.0 Å². The Labute approximate surface area is 109 Å². The van der Waals surface area contributed by atoms with E-state index in [0.29, 0.717) is 6.04 Å². The van der Waals surface area contributed by atoms with Gasteiger partial charge in [0, 0.05) is 16.1 Å². The number of rotatable bonds is 4. The first-order valence-corrected chi connectivity index (χ1v) is 6.68. The number of furan rings is 1. The Morgan fingerprint density at radius 2 is 2.00 bits per heavy atom. The summed E-state index contributed by atoms with van der Waals surface area (Å²) >= 11 is 3.58. The Bertz CT molecular complexity index is 516. The second-order valence-electron chi connectivity index (χ2n) is 4.39. The van der Waals surface area contributed by atoms with Gasteiger partial charge in [0.05, 0.1) is 12.8 Å². The summed E-state index contributed by atoms with van der Waals surface area (Å²) in [6, 6.07) is 11.0. The zero-order valence-electron chi connectivity index (χ0n) is 9.45. The van der Waals surface area contributed by atoms with Crippen molar-refractivity contribution in [1.82, 2.24) is 5.32 Å². The van der Waals surface area contributed by atoms with Gasteiger partial charge in [-0.1, -0.05) is 34.1 Å². The highest BCUT2D eigenvalue weighted by Crippen LogP contribution is 2.31. The van der Waals surface area contributed by atoms with Crippen molar-refractivity contribution in [2.24, 2.45) is 0 Å². The van der Waals surface area contributed by atoms with Crippen LogP contribution in [0.1, 0.15) is 18.6 Å². The average molecular weight is 292 g/mol. The maximum absolute atomic E-state index is 5.57. The fourth-order valence-corrected chi connectivity index (χ4v) is 2.42. The number of hydrogen-bond acceptors (Lipinski definition) is 2. The van der Waals surface area contributed by atoms with Gasteiger partial charge in [-0.25, -0.2) is 0 Å². The van der Waals surface area contributed by atoms with Gasteiger partial charge < -0.3 is 9.73 Å². The van der Waals surface area contributed by atoms with Crippen molar-refractivity contribution in [3.8, 4) is 11.1 Å². The Hall–Kier alpha value is -1.06. The molecule has 3 rings (SSSR count). The van der Waals surface area contributed by atoms with E-state index in [1.54, 1.807) is 6.26 Å². The number of benzene rings is 1. The molecule has 0 amide bonds. The molecule has 3 heteroatoms. The van der Waals surface area contributed by atoms with Gasteiger partial charge in [-0.15, -0.1) is 0 Å². The summed E-state index contributed by atoms with van der Waals surface area (Å²) in [6.45, 7) is 0.814. The minimum absolute atomic E-state index is 0.701. The predicted molar refractivity (Wildman–Crippen MR) is 71.7 cm³/mol. The molecule has 0 unspecified atom stereocenters. The van der Waals surface area contributed by atoms with E-state index in [2.05, 4.69) is 33.4 Å². The summed E-state index contributed by atoms with van der Waals surface area (Å²) < 4.78 is 6.67. The molecule has 0 saturated heterocycles. The largest absolute Gasteiger partial charge is 0.467 e. The summed E-state index contributed by atoms with van der Waals surface area (Å²) in [5.41, 5.74) is 2.36. The van der Waals surface area contributed by atoms with Gasteiger partial charge in [0.25, 0.3) is 0 Å². The van der Waals surface area contributed by atoms with Gasteiger partial charge in [-0.2, -0.15) is 0 Å². The Morgan fingerprint density at radius 1 is 1.18 bits per heavy atom. The van der Waals surface area contributed by atoms with E-state index >= 15 is 0 Å². The molecule has 1 aliphatic carbocycles. The SMILES string of the molecule is Brc1ccccc1-c1ccoc1CNC1CC1. The van der Waals surface area contributed by atoms with Crippen LogP contribution in [0.3, 0.4) is 0 Å². The highest BCUT2D eigenvalue weighted by molar-refractivity contribution is 9.10. The van der Waals surface area contributed by atoms with Crippen LogP contribution in [0.2, 0.25) is 0 Å². The van der Waals surface area contributed by atoms with Crippen molar-refractivity contribution in [2.75, 3.05) is 0 Å². The van der Waals surface area contributed by atoms with Crippen molar-refractivity contribution in [1.29, 1.82) is 0 Å². The summed E-state index contributed by atoms with van der Waals surface area (Å²) in [4.78, 5) is 0. The molecule has 1 fully saturated rings. The third-order valence-electron chi connectivity index (χ3n) is 3.04. The number of hydrogen-bond donors (Lipinski definition) is 1. The third kappa shape index (κ3) is 2.45. The molecule has 1 heterocycles. The van der Waals surface area contributed by atoms with Gasteiger partial charge >= 0.3 is 0 Å². The topological polar surface area (TPSA) is 25.2 Å². The fourth-order valence-electron chi connectivity index (χ4n) is 1.92. The summed E-state index contributed by atoms with van der Waals surface area (Å²) in [5, 5.41) is 3.48. The molecule has 1 saturated carbocycles. The normalized spacial score (nSPS) is 15.1. The Balaban J connectivity index is 1.86. The second-order valence-corrected chi connectivity index (χ2v) is 5.25. The molecule has 88 valence electrons. The smallest absolute Gasteiger partial charge is 0.125 e. The minimum Gasteiger partial charge on any atom is -0.467 e. The lowest BCUT2D eigenvalue weighted by Gasteiger charge is -2.05. The zero-order chi connectivity index (χ0) is 11.7. The van der Waals surface area contributed by atoms with Crippen molar-refractivity contribution < 1.29 is 4.42 Å². The molecule has 0 atom stereocenters. The van der Waals surface area contributed by atoms with Crippen molar-refractivity contribution in [3.63, 3.8) is 0 Å². The molecule has 0 aliphatic heterocycles. The Morgan fingerprint density at radius 3 is 2.76 bits per heavy atom. The van der Waals surface area contributed by atoms with Crippen LogP contribution < -0.4 is 5.32 Å². The van der Waals surface area contributed by atoms with E-state index in [4.69, 9.17) is 4.42 Å². The average Bonchev–Trinajstić information content (AvgIpc) is 3.06. The molecule has 1 aromatic carbocycles. The van der Waals surface area contributed by atoms with Crippen molar-refractivity contribution >= 4 is 15.9 Å². The molecule has 0 bridgehead atoms. The molecule has 0 spiro atoms. The number of halogens is 1. The van der Waals surface area contributed by atoms with Crippen LogP contribution in [-0.2, 0) is 6.54 Å². The van der Waals surface area contributed by atoms with Gasteiger partial charge in [-0.05, 0) is 30.5 Å². The lowest BCUT2D eigenvalue weighted by atomic mass is 10.1. The highest BCUT2D eigenvalue weighted by atomic mass is 79.9. The predicted octanol–water partition coefficient (Wildman–Crippen LogP) is 3.96. The molecule has 1 aromatic heterocycles. The molecule has 1 N–H and O–H groups in total. The van der Waals surface area contributed by atoms with Gasteiger partial charge in [-0.3, -0.25) is 0 Å². The van der Waals surface area contributed by atoms with Crippen LogP contribution in [0.15, 0.2) is 45.5 Å². The van der Waals surface area contributed by atoms with Crippen LogP contribution in [-0.4, -0.2) is 6.04 Å². The first-order chi connectivity index (χ1) is 8.34. The van der Waals surface area contributed by atoms with E-state index in [9.17, 15) is 0 Å². The summed E-state index contributed by atoms with van der Waals surface area (Å²) in [5.74, 6) is 1.02. The van der Waals surface area contributed by atoms with Crippen LogP contribution in [0, 0.1) is 0 Å². The lowest BCUT2D eigenvalue weighted by Crippen LogP contribution is -2.15. The van der Waals surface area contributed by atoms with Crippen LogP contribution >= 0.6 is 15.9 Å². The second kappa shape index (κ2) is 4.67. The van der Waals surface area contributed by atoms with E-state index < -0.39 is 0 Å². The van der Waals surface area contributed by atoms with E-state index in [-0.39, 0.29) is 0 Å². The molecule has 0 radical (unpaired) electrons. The van der Waals surface area contributed by atoms with E-state index in [0.717, 1.165) is 16.8 Å². The maximum atomic E-state index is 5.57. The standard InChI is InChI=1S/C14H14BrNO/c15-13-4-2-1-3-11(13)12-7-8-17-14(12)9-16-10-5-6-10/h1-4,7-8,10,16H,5-6,9H2. The van der Waals surface area contributed by atoms with Crippen LogP contribution in [0.5, 0.6) is 0 Å². The molecule has 1 aliphatic rings. The maximum Gasteiger partial charge on any atom is 0.125 e. The highest BCUT2D eigenvalue weighted by Gasteiger charge is 2.21. The lowest BCUT2D eigenvalue weighted by molar-refractivity contribution is 0.483.